The van der Waals surface area contributed by atoms with Crippen molar-refractivity contribution in [1.29, 1.82) is 0 Å². The maximum Gasteiger partial charge on any atom is 0.329 e. The third kappa shape index (κ3) is 4.35. The van der Waals surface area contributed by atoms with Crippen molar-refractivity contribution in [2.24, 2.45) is 5.92 Å². The summed E-state index contributed by atoms with van der Waals surface area (Å²) in [5.74, 6) is -1.50. The summed E-state index contributed by atoms with van der Waals surface area (Å²) >= 11 is 0. The third-order valence-corrected chi connectivity index (χ3v) is 3.37. The molecule has 0 aromatic heterocycles. The molecule has 0 aliphatic carbocycles. The van der Waals surface area contributed by atoms with Crippen molar-refractivity contribution < 1.29 is 35.5 Å². The van der Waals surface area contributed by atoms with Gasteiger partial charge in [-0.1, -0.05) is 6.92 Å². The second kappa shape index (κ2) is 4.99. The van der Waals surface area contributed by atoms with Crippen LogP contribution < -0.4 is 0 Å². The van der Waals surface area contributed by atoms with Crippen molar-refractivity contribution in [3.05, 3.63) is 0 Å². The van der Waals surface area contributed by atoms with Gasteiger partial charge >= 0.3 is 20.2 Å². The van der Waals surface area contributed by atoms with Crippen molar-refractivity contribution in [2.75, 3.05) is 0 Å². The van der Waals surface area contributed by atoms with E-state index in [1.807, 2.05) is 0 Å². The molecule has 2 N–H and O–H groups in total. The molecule has 16 heavy (non-hydrogen) atoms. The van der Waals surface area contributed by atoms with Gasteiger partial charge in [-0.2, -0.15) is 16.8 Å². The van der Waals surface area contributed by atoms with E-state index in [-0.39, 0.29) is 6.42 Å². The number of carbonyl (C=O) groups excluding carboxylic acids is 2. The molecule has 94 valence electrons. The molecule has 0 saturated heterocycles. The summed E-state index contributed by atoms with van der Waals surface area (Å²) in [6, 6.07) is 0. The summed E-state index contributed by atoms with van der Waals surface area (Å²) in [5, 5.41) is -3.32. The molecule has 0 saturated carbocycles. The van der Waals surface area contributed by atoms with Gasteiger partial charge in [0.05, 0.1) is 0 Å². The van der Waals surface area contributed by atoms with Crippen molar-refractivity contribution in [2.45, 2.75) is 19.8 Å². The van der Waals surface area contributed by atoms with Gasteiger partial charge in [-0.25, -0.2) is 0 Å². The van der Waals surface area contributed by atoms with Gasteiger partial charge in [-0.3, -0.25) is 18.7 Å². The third-order valence-electron chi connectivity index (χ3n) is 1.78. The summed E-state index contributed by atoms with van der Waals surface area (Å²) in [6.45, 7) is 1.32. The highest BCUT2D eigenvalue weighted by Gasteiger charge is 2.32. The van der Waals surface area contributed by atoms with Crippen LogP contribution in [-0.4, -0.2) is 36.2 Å². The quantitative estimate of drug-likeness (QED) is 0.636. The first kappa shape index (κ1) is 15.2. The van der Waals surface area contributed by atoms with Crippen LogP contribution in [0.25, 0.3) is 0 Å². The highest BCUT2D eigenvalue weighted by atomic mass is 32.2. The first-order valence-corrected chi connectivity index (χ1v) is 6.89. The van der Waals surface area contributed by atoms with Gasteiger partial charge in [0.1, 0.15) is 0 Å². The Labute approximate surface area is 92.1 Å². The van der Waals surface area contributed by atoms with Gasteiger partial charge in [-0.15, -0.1) is 0 Å². The highest BCUT2D eigenvalue weighted by Crippen LogP contribution is 2.14. The molecule has 0 aromatic rings. The zero-order valence-corrected chi connectivity index (χ0v) is 9.78. The molecule has 8 nitrogen and oxygen atoms in total. The largest absolute Gasteiger partial charge is 0.329 e. The van der Waals surface area contributed by atoms with E-state index in [0.29, 0.717) is 0 Å². The smallest absolute Gasteiger partial charge is 0.280 e. The molecule has 0 rings (SSSR count). The standard InChI is InChI=1S/C6H10O8S2/c1-2-4(6(8)16(12,13)14)3-5(7)15(9,10)11/h4H,2-3H2,1H3,(H,9,10,11)(H,12,13,14). The maximum absolute atomic E-state index is 11.0. The van der Waals surface area contributed by atoms with E-state index in [9.17, 15) is 26.4 Å². The van der Waals surface area contributed by atoms with E-state index in [1.165, 1.54) is 6.92 Å². The number of carbonyl (C=O) groups is 2. The van der Waals surface area contributed by atoms with Gasteiger partial charge in [0.2, 0.25) is 0 Å². The molecule has 0 radical (unpaired) electrons. The monoisotopic (exact) mass is 274 g/mol. The van der Waals surface area contributed by atoms with Crippen molar-refractivity contribution in [3.8, 4) is 0 Å². The fraction of sp³-hybridized carbons (Fsp3) is 0.667. The summed E-state index contributed by atoms with van der Waals surface area (Å²) in [5.41, 5.74) is 0. The zero-order valence-electron chi connectivity index (χ0n) is 8.15. The predicted octanol–water partition coefficient (Wildman–Crippen LogP) is -0.768. The van der Waals surface area contributed by atoms with Gasteiger partial charge in [0.15, 0.2) is 0 Å². The lowest BCUT2D eigenvalue weighted by Crippen LogP contribution is -2.27. The summed E-state index contributed by atoms with van der Waals surface area (Å²) < 4.78 is 58.3. The average molecular weight is 274 g/mol. The van der Waals surface area contributed by atoms with Crippen LogP contribution in [0.1, 0.15) is 19.8 Å². The topological polar surface area (TPSA) is 143 Å². The number of rotatable bonds is 4. The molecule has 0 aliphatic heterocycles. The first-order valence-electron chi connectivity index (χ1n) is 4.01. The van der Waals surface area contributed by atoms with E-state index in [1.54, 1.807) is 0 Å². The van der Waals surface area contributed by atoms with E-state index < -0.39 is 42.8 Å². The fourth-order valence-electron chi connectivity index (χ4n) is 0.911. The molecule has 0 aliphatic rings. The summed E-state index contributed by atoms with van der Waals surface area (Å²) in [7, 11) is -9.93. The lowest BCUT2D eigenvalue weighted by molar-refractivity contribution is -0.120. The van der Waals surface area contributed by atoms with E-state index in [0.717, 1.165) is 0 Å². The van der Waals surface area contributed by atoms with Crippen molar-refractivity contribution in [1.82, 2.24) is 0 Å². The number of hydrogen-bond acceptors (Lipinski definition) is 6. The minimum atomic E-state index is -4.97. The lowest BCUT2D eigenvalue weighted by atomic mass is 10.1. The minimum Gasteiger partial charge on any atom is -0.280 e. The molecular weight excluding hydrogens is 264 g/mol. The Morgan fingerprint density at radius 1 is 1.06 bits per heavy atom. The Balaban J connectivity index is 4.95. The van der Waals surface area contributed by atoms with E-state index in [4.69, 9.17) is 9.11 Å². The van der Waals surface area contributed by atoms with Gasteiger partial charge in [0, 0.05) is 12.3 Å². The van der Waals surface area contributed by atoms with Crippen molar-refractivity contribution in [3.63, 3.8) is 0 Å². The van der Waals surface area contributed by atoms with Crippen LogP contribution >= 0.6 is 0 Å². The molecule has 10 heteroatoms. The second-order valence-electron chi connectivity index (χ2n) is 2.95. The molecular formula is C6H10O8S2. The normalized spacial score (nSPS) is 14.4. The molecule has 0 heterocycles. The molecule has 1 unspecified atom stereocenters. The van der Waals surface area contributed by atoms with Crippen LogP contribution in [0.5, 0.6) is 0 Å². The Morgan fingerprint density at radius 3 is 1.75 bits per heavy atom. The van der Waals surface area contributed by atoms with Crippen LogP contribution in [-0.2, 0) is 29.8 Å². The zero-order chi connectivity index (χ0) is 13.1. The SMILES string of the molecule is CCC(CC(=O)S(=O)(=O)O)C(=O)S(=O)(=O)O. The predicted molar refractivity (Wildman–Crippen MR) is 51.5 cm³/mol. The van der Waals surface area contributed by atoms with Crippen LogP contribution in [0, 0.1) is 5.92 Å². The lowest BCUT2D eigenvalue weighted by Gasteiger charge is -2.08. The summed E-state index contributed by atoms with van der Waals surface area (Å²) in [6.07, 6.45) is -1.16. The van der Waals surface area contributed by atoms with Crippen LogP contribution in [0.4, 0.5) is 0 Å². The second-order valence-corrected chi connectivity index (χ2v) is 5.71. The highest BCUT2D eigenvalue weighted by molar-refractivity contribution is 8.01. The van der Waals surface area contributed by atoms with Crippen LogP contribution in [0.2, 0.25) is 0 Å². The molecule has 0 bridgehead atoms. The van der Waals surface area contributed by atoms with Gasteiger partial charge in [0.25, 0.3) is 10.2 Å². The molecule has 0 spiro atoms. The molecule has 1 atom stereocenters. The Morgan fingerprint density at radius 2 is 1.50 bits per heavy atom. The van der Waals surface area contributed by atoms with Crippen molar-refractivity contribution >= 4 is 30.5 Å². The first-order chi connectivity index (χ1) is 7.00. The number of hydrogen-bond donors (Lipinski definition) is 2. The van der Waals surface area contributed by atoms with E-state index in [2.05, 4.69) is 0 Å². The Kier molecular flexibility index (Phi) is 4.73. The average Bonchev–Trinajstić information content (AvgIpc) is 2.09. The van der Waals surface area contributed by atoms with Gasteiger partial charge < -0.3 is 0 Å². The molecule has 0 aromatic carbocycles. The molecule has 0 fully saturated rings. The maximum atomic E-state index is 11.0. The summed E-state index contributed by atoms with van der Waals surface area (Å²) in [4.78, 5) is 21.8. The molecule has 0 amide bonds. The van der Waals surface area contributed by atoms with Crippen LogP contribution in [0.15, 0.2) is 0 Å². The van der Waals surface area contributed by atoms with E-state index >= 15 is 0 Å². The fourth-order valence-corrected chi connectivity index (χ4v) is 1.99. The Hall–Kier alpha value is -0.840. The Bertz CT molecular complexity index is 485. The van der Waals surface area contributed by atoms with Crippen LogP contribution in [0.3, 0.4) is 0 Å². The van der Waals surface area contributed by atoms with Gasteiger partial charge in [-0.05, 0) is 6.42 Å². The minimum absolute atomic E-state index is 0.167.